The average molecular weight is 387 g/mol. The number of carboxylic acids is 1. The summed E-state index contributed by atoms with van der Waals surface area (Å²) in [6.07, 6.45) is 2.29. The fraction of sp³-hybridized carbons (Fsp3) is 0.500. The predicted octanol–water partition coefficient (Wildman–Crippen LogP) is 2.60. The average Bonchev–Trinajstić information content (AvgIpc) is 2.71. The summed E-state index contributed by atoms with van der Waals surface area (Å²) in [4.78, 5) is 26.8. The quantitative estimate of drug-likeness (QED) is 0.863. The molecule has 7 heteroatoms. The smallest absolute Gasteiger partial charge is 0.317 e. The van der Waals surface area contributed by atoms with E-state index in [0.29, 0.717) is 24.0 Å². The van der Waals surface area contributed by atoms with Gasteiger partial charge >= 0.3 is 5.97 Å². The van der Waals surface area contributed by atoms with Gasteiger partial charge in [0.05, 0.1) is 12.1 Å². The van der Waals surface area contributed by atoms with E-state index >= 15 is 0 Å². The number of hydrogen-bond donors (Lipinski definition) is 1. The van der Waals surface area contributed by atoms with E-state index in [-0.39, 0.29) is 24.1 Å². The highest BCUT2D eigenvalue weighted by molar-refractivity contribution is 9.10. The van der Waals surface area contributed by atoms with E-state index in [1.807, 2.05) is 0 Å². The highest BCUT2D eigenvalue weighted by Gasteiger charge is 2.25. The summed E-state index contributed by atoms with van der Waals surface area (Å²) >= 11 is 3.18. The molecule has 1 aliphatic rings. The Kier molecular flexibility index (Phi) is 6.12. The number of amides is 1. The zero-order chi connectivity index (χ0) is 17.0. The van der Waals surface area contributed by atoms with E-state index in [0.717, 1.165) is 12.8 Å². The molecule has 2 rings (SSSR count). The lowest BCUT2D eigenvalue weighted by atomic mass is 10.1. The molecule has 0 spiro atoms. The van der Waals surface area contributed by atoms with Crippen molar-refractivity contribution in [2.45, 2.75) is 25.3 Å². The van der Waals surface area contributed by atoms with Crippen molar-refractivity contribution >= 4 is 27.8 Å². The molecular weight excluding hydrogens is 367 g/mol. The predicted molar refractivity (Wildman–Crippen MR) is 87.9 cm³/mol. The number of halogens is 2. The molecule has 5 nitrogen and oxygen atoms in total. The molecule has 126 valence electrons. The maximum absolute atomic E-state index is 14.0. The number of aliphatic carboxylic acids is 1. The number of hydrogen-bond acceptors (Lipinski definition) is 3. The molecule has 1 amide bonds. The fourth-order valence-corrected chi connectivity index (χ4v) is 3.23. The Morgan fingerprint density at radius 2 is 2.13 bits per heavy atom. The number of carbonyl (C=O) groups excluding carboxylic acids is 1. The van der Waals surface area contributed by atoms with E-state index in [2.05, 4.69) is 15.9 Å². The van der Waals surface area contributed by atoms with Crippen LogP contribution in [0.2, 0.25) is 0 Å². The minimum Gasteiger partial charge on any atom is -0.480 e. The lowest BCUT2D eigenvalue weighted by Gasteiger charge is -2.25. The summed E-state index contributed by atoms with van der Waals surface area (Å²) < 4.78 is 14.5. The van der Waals surface area contributed by atoms with E-state index in [4.69, 9.17) is 5.11 Å². The van der Waals surface area contributed by atoms with Gasteiger partial charge in [-0.3, -0.25) is 14.5 Å². The Morgan fingerprint density at radius 1 is 1.39 bits per heavy atom. The monoisotopic (exact) mass is 386 g/mol. The molecule has 1 heterocycles. The molecule has 1 aromatic rings. The standard InChI is InChI=1S/C16H20BrFN2O3/c1-19(10-15(21)22)12-3-2-7-20(8-6-12)16(23)13-5-4-11(17)9-14(13)18/h4-5,9,12H,2-3,6-8,10H2,1H3,(H,21,22)/t12-/m1/s1. The summed E-state index contributed by atoms with van der Waals surface area (Å²) in [6.45, 7) is 1.05. The van der Waals surface area contributed by atoms with Gasteiger partial charge in [-0.25, -0.2) is 4.39 Å². The van der Waals surface area contributed by atoms with Gasteiger partial charge in [-0.05, 0) is 44.5 Å². The Hall–Kier alpha value is -1.47. The van der Waals surface area contributed by atoms with Crippen molar-refractivity contribution < 1.29 is 19.1 Å². The number of likely N-dealkylation sites (N-methyl/N-ethyl adjacent to an activating group) is 1. The normalized spacial score (nSPS) is 18.8. The Morgan fingerprint density at radius 3 is 2.78 bits per heavy atom. The minimum atomic E-state index is -0.860. The first kappa shape index (κ1) is 17.9. The molecule has 1 atom stereocenters. The van der Waals surface area contributed by atoms with Crippen molar-refractivity contribution in [2.75, 3.05) is 26.7 Å². The van der Waals surface area contributed by atoms with E-state index < -0.39 is 11.8 Å². The molecule has 0 radical (unpaired) electrons. The van der Waals surface area contributed by atoms with Gasteiger partial charge in [0.2, 0.25) is 0 Å². The third-order valence-corrected chi connectivity index (χ3v) is 4.65. The van der Waals surface area contributed by atoms with Gasteiger partial charge in [0.1, 0.15) is 5.82 Å². The van der Waals surface area contributed by atoms with Crippen LogP contribution in [0.5, 0.6) is 0 Å². The van der Waals surface area contributed by atoms with Gasteiger partial charge in [0.25, 0.3) is 5.91 Å². The molecular formula is C16H20BrFN2O3. The van der Waals surface area contributed by atoms with Crippen molar-refractivity contribution in [1.82, 2.24) is 9.80 Å². The zero-order valence-electron chi connectivity index (χ0n) is 13.0. The van der Waals surface area contributed by atoms with Crippen molar-refractivity contribution in [3.8, 4) is 0 Å². The molecule has 0 saturated carbocycles. The molecule has 1 aromatic carbocycles. The molecule has 1 aliphatic heterocycles. The largest absolute Gasteiger partial charge is 0.480 e. The van der Waals surface area contributed by atoms with Gasteiger partial charge in [0.15, 0.2) is 0 Å². The van der Waals surface area contributed by atoms with Crippen molar-refractivity contribution in [2.24, 2.45) is 0 Å². The highest BCUT2D eigenvalue weighted by atomic mass is 79.9. The maximum atomic E-state index is 14.0. The Labute approximate surface area is 143 Å². The summed E-state index contributed by atoms with van der Waals surface area (Å²) in [5.74, 6) is -1.70. The molecule has 1 N–H and O–H groups in total. The third-order valence-electron chi connectivity index (χ3n) is 4.15. The van der Waals surface area contributed by atoms with Crippen LogP contribution < -0.4 is 0 Å². The van der Waals surface area contributed by atoms with Crippen LogP contribution in [0.15, 0.2) is 22.7 Å². The van der Waals surface area contributed by atoms with Crippen molar-refractivity contribution in [3.63, 3.8) is 0 Å². The highest BCUT2D eigenvalue weighted by Crippen LogP contribution is 2.20. The van der Waals surface area contributed by atoms with Crippen LogP contribution in [0, 0.1) is 5.82 Å². The minimum absolute atomic E-state index is 0.0139. The topological polar surface area (TPSA) is 60.9 Å². The summed E-state index contributed by atoms with van der Waals surface area (Å²) in [7, 11) is 1.78. The molecule has 0 aromatic heterocycles. The number of likely N-dealkylation sites (tertiary alicyclic amines) is 1. The molecule has 23 heavy (non-hydrogen) atoms. The first-order valence-corrected chi connectivity index (χ1v) is 8.34. The van der Waals surface area contributed by atoms with Crippen LogP contribution in [-0.4, -0.2) is 59.5 Å². The molecule has 0 unspecified atom stereocenters. The summed E-state index contributed by atoms with van der Waals surface area (Å²) in [5.41, 5.74) is 0.0746. The number of rotatable bonds is 4. The lowest BCUT2D eigenvalue weighted by Crippen LogP contribution is -2.37. The Balaban J connectivity index is 2.02. The first-order valence-electron chi connectivity index (χ1n) is 7.55. The number of carbonyl (C=O) groups is 2. The second-order valence-electron chi connectivity index (χ2n) is 5.81. The zero-order valence-corrected chi connectivity index (χ0v) is 14.6. The van der Waals surface area contributed by atoms with Crippen LogP contribution in [0.1, 0.15) is 29.6 Å². The van der Waals surface area contributed by atoms with Gasteiger partial charge in [0, 0.05) is 23.6 Å². The molecule has 1 fully saturated rings. The van der Waals surface area contributed by atoms with Crippen LogP contribution in [0.3, 0.4) is 0 Å². The molecule has 0 bridgehead atoms. The number of nitrogens with zero attached hydrogens (tertiary/aromatic N) is 2. The van der Waals surface area contributed by atoms with Gasteiger partial charge in [-0.1, -0.05) is 15.9 Å². The van der Waals surface area contributed by atoms with Crippen molar-refractivity contribution in [3.05, 3.63) is 34.1 Å². The fourth-order valence-electron chi connectivity index (χ4n) is 2.90. The first-order chi connectivity index (χ1) is 10.9. The van der Waals surface area contributed by atoms with Crippen molar-refractivity contribution in [1.29, 1.82) is 0 Å². The van der Waals surface area contributed by atoms with Crippen LogP contribution >= 0.6 is 15.9 Å². The van der Waals surface area contributed by atoms with Gasteiger partial charge < -0.3 is 10.0 Å². The van der Waals surface area contributed by atoms with E-state index in [1.54, 1.807) is 22.9 Å². The Bertz CT molecular complexity index is 597. The second-order valence-corrected chi connectivity index (χ2v) is 6.73. The number of benzene rings is 1. The van der Waals surface area contributed by atoms with E-state index in [9.17, 15) is 14.0 Å². The van der Waals surface area contributed by atoms with Crippen LogP contribution in [0.4, 0.5) is 4.39 Å². The third kappa shape index (κ3) is 4.75. The van der Waals surface area contributed by atoms with Gasteiger partial charge in [-0.15, -0.1) is 0 Å². The summed E-state index contributed by atoms with van der Waals surface area (Å²) in [5, 5.41) is 8.87. The molecule has 1 saturated heterocycles. The summed E-state index contributed by atoms with van der Waals surface area (Å²) in [6, 6.07) is 4.55. The SMILES string of the molecule is CN(CC(=O)O)[C@@H]1CCCN(C(=O)c2ccc(Br)cc2F)CC1. The van der Waals surface area contributed by atoms with Crippen LogP contribution in [0.25, 0.3) is 0 Å². The lowest BCUT2D eigenvalue weighted by molar-refractivity contribution is -0.138. The van der Waals surface area contributed by atoms with Crippen LogP contribution in [-0.2, 0) is 4.79 Å². The van der Waals surface area contributed by atoms with Gasteiger partial charge in [-0.2, -0.15) is 0 Å². The molecule has 0 aliphatic carbocycles. The number of carboxylic acid groups (broad SMARTS) is 1. The maximum Gasteiger partial charge on any atom is 0.317 e. The van der Waals surface area contributed by atoms with E-state index in [1.165, 1.54) is 12.1 Å². The second kappa shape index (κ2) is 7.88.